The minimum Gasteiger partial charge on any atom is -0.301 e. The highest BCUT2D eigenvalue weighted by Crippen LogP contribution is 2.25. The van der Waals surface area contributed by atoms with Gasteiger partial charge in [0.25, 0.3) is 0 Å². The molecule has 1 unspecified atom stereocenters. The van der Waals surface area contributed by atoms with Crippen LogP contribution in [0.25, 0.3) is 0 Å². The Labute approximate surface area is 135 Å². The topological polar surface area (TPSA) is 49.4 Å². The highest BCUT2D eigenvalue weighted by molar-refractivity contribution is 7.90. The molecule has 1 aliphatic rings. The van der Waals surface area contributed by atoms with Gasteiger partial charge in [0.05, 0.1) is 5.25 Å². The summed E-state index contributed by atoms with van der Waals surface area (Å²) < 4.78 is 27.6. The lowest BCUT2D eigenvalue weighted by Gasteiger charge is -2.26. The Hall–Kier alpha value is -0.910. The zero-order valence-electron chi connectivity index (χ0n) is 13.9. The number of likely N-dealkylation sites (N-methyl/N-ethyl adjacent to an activating group) is 1. The van der Waals surface area contributed by atoms with Crippen molar-refractivity contribution in [2.45, 2.75) is 50.3 Å². The second-order valence-electron chi connectivity index (χ2n) is 6.37. The molecule has 0 heterocycles. The van der Waals surface area contributed by atoms with Gasteiger partial charge >= 0.3 is 0 Å². The summed E-state index contributed by atoms with van der Waals surface area (Å²) in [5.41, 5.74) is 2.45. The maximum Gasteiger partial charge on any atom is 0.214 e. The lowest BCUT2D eigenvalue weighted by molar-refractivity contribution is 0.299. The minimum absolute atomic E-state index is 0.0575. The third-order valence-electron chi connectivity index (χ3n) is 4.61. The van der Waals surface area contributed by atoms with Gasteiger partial charge in [-0.1, -0.05) is 44.0 Å². The van der Waals surface area contributed by atoms with Crippen LogP contribution in [0.2, 0.25) is 0 Å². The van der Waals surface area contributed by atoms with Gasteiger partial charge in [0, 0.05) is 12.6 Å². The van der Waals surface area contributed by atoms with E-state index in [1.807, 2.05) is 14.1 Å². The Balaban J connectivity index is 2.05. The summed E-state index contributed by atoms with van der Waals surface area (Å²) in [6.45, 7) is 2.56. The van der Waals surface area contributed by atoms with Gasteiger partial charge in [-0.15, -0.1) is 0 Å². The van der Waals surface area contributed by atoms with Gasteiger partial charge in [0.2, 0.25) is 10.0 Å². The molecule has 124 valence electrons. The molecule has 1 fully saturated rings. The molecule has 0 saturated heterocycles. The van der Waals surface area contributed by atoms with Gasteiger partial charge in [-0.05, 0) is 44.5 Å². The average Bonchev–Trinajstić information content (AvgIpc) is 3.03. The molecule has 2 rings (SSSR count). The molecule has 4 nitrogen and oxygen atoms in total. The summed E-state index contributed by atoms with van der Waals surface area (Å²) in [5, 5.41) is -0.197. The van der Waals surface area contributed by atoms with E-state index >= 15 is 0 Å². The van der Waals surface area contributed by atoms with E-state index in [4.69, 9.17) is 0 Å². The van der Waals surface area contributed by atoms with Crippen LogP contribution >= 0.6 is 0 Å². The predicted octanol–water partition coefficient (Wildman–Crippen LogP) is 2.71. The first-order valence-corrected chi connectivity index (χ1v) is 9.72. The van der Waals surface area contributed by atoms with Crippen LogP contribution in [0, 0.1) is 0 Å². The summed E-state index contributed by atoms with van der Waals surface area (Å²) in [6, 6.07) is 8.51. The van der Waals surface area contributed by atoms with Gasteiger partial charge in [0.15, 0.2) is 0 Å². The third kappa shape index (κ3) is 4.31. The summed E-state index contributed by atoms with van der Waals surface area (Å²) in [5.74, 6) is 0. The molecule has 1 aromatic carbocycles. The fourth-order valence-corrected chi connectivity index (χ4v) is 4.67. The van der Waals surface area contributed by atoms with Crippen LogP contribution in [0.3, 0.4) is 0 Å². The molecule has 1 N–H and O–H groups in total. The van der Waals surface area contributed by atoms with E-state index in [9.17, 15) is 8.42 Å². The molecule has 1 atom stereocenters. The van der Waals surface area contributed by atoms with Crippen molar-refractivity contribution in [3.05, 3.63) is 35.4 Å². The molecular weight excluding hydrogens is 296 g/mol. The second-order valence-corrected chi connectivity index (χ2v) is 8.42. The van der Waals surface area contributed by atoms with Crippen molar-refractivity contribution < 1.29 is 8.42 Å². The fourth-order valence-electron chi connectivity index (χ4n) is 3.09. The summed E-state index contributed by atoms with van der Waals surface area (Å²) in [6.07, 6.45) is 4.67. The van der Waals surface area contributed by atoms with E-state index in [2.05, 4.69) is 40.8 Å². The molecular formula is C17H28N2O2S. The van der Waals surface area contributed by atoms with Crippen LogP contribution in [0.4, 0.5) is 0 Å². The number of hydrogen-bond donors (Lipinski definition) is 1. The van der Waals surface area contributed by atoms with E-state index in [1.165, 1.54) is 5.56 Å². The van der Waals surface area contributed by atoms with Crippen LogP contribution in [-0.4, -0.2) is 39.2 Å². The molecule has 0 bridgehead atoms. The Morgan fingerprint density at radius 1 is 1.18 bits per heavy atom. The first-order valence-electron chi connectivity index (χ1n) is 8.17. The number of nitrogens with zero attached hydrogens (tertiary/aromatic N) is 1. The third-order valence-corrected chi connectivity index (χ3v) is 6.53. The standard InChI is InChI=1S/C17H28N2O2S/c1-4-14-9-11-15(12-10-14)17(19(2)3)13-18-22(20,21)16-7-5-6-8-16/h9-12,16-18H,4-8,13H2,1-3H3. The molecule has 0 radical (unpaired) electrons. The Bertz CT molecular complexity index is 561. The largest absolute Gasteiger partial charge is 0.301 e. The zero-order valence-corrected chi connectivity index (χ0v) is 14.7. The summed E-state index contributed by atoms with van der Waals surface area (Å²) in [7, 11) is 0.791. The van der Waals surface area contributed by atoms with E-state index < -0.39 is 10.0 Å². The van der Waals surface area contributed by atoms with Crippen LogP contribution in [0.1, 0.15) is 49.8 Å². The summed E-state index contributed by atoms with van der Waals surface area (Å²) >= 11 is 0. The quantitative estimate of drug-likeness (QED) is 0.839. The van der Waals surface area contributed by atoms with Gasteiger partial charge < -0.3 is 4.90 Å². The monoisotopic (exact) mass is 324 g/mol. The fraction of sp³-hybridized carbons (Fsp3) is 0.647. The van der Waals surface area contributed by atoms with Gasteiger partial charge in [-0.25, -0.2) is 13.1 Å². The van der Waals surface area contributed by atoms with Crippen LogP contribution in [-0.2, 0) is 16.4 Å². The lowest BCUT2D eigenvalue weighted by atomic mass is 10.0. The smallest absolute Gasteiger partial charge is 0.214 e. The van der Waals surface area contributed by atoms with Crippen LogP contribution in [0.15, 0.2) is 24.3 Å². The predicted molar refractivity (Wildman–Crippen MR) is 91.4 cm³/mol. The minimum atomic E-state index is -3.19. The number of hydrogen-bond acceptors (Lipinski definition) is 3. The number of sulfonamides is 1. The number of nitrogens with one attached hydrogen (secondary N) is 1. The molecule has 1 aliphatic carbocycles. The van der Waals surface area contributed by atoms with Crippen molar-refractivity contribution in [2.24, 2.45) is 0 Å². The van der Waals surface area contributed by atoms with Crippen molar-refractivity contribution in [1.29, 1.82) is 0 Å². The van der Waals surface area contributed by atoms with Gasteiger partial charge in [-0.2, -0.15) is 0 Å². The number of rotatable bonds is 7. The Kier molecular flexibility index (Phi) is 6.01. The van der Waals surface area contributed by atoms with Crippen molar-refractivity contribution in [3.63, 3.8) is 0 Å². The van der Waals surface area contributed by atoms with E-state index in [0.29, 0.717) is 6.54 Å². The lowest BCUT2D eigenvalue weighted by Crippen LogP contribution is -2.38. The average molecular weight is 324 g/mol. The van der Waals surface area contributed by atoms with E-state index in [-0.39, 0.29) is 11.3 Å². The Morgan fingerprint density at radius 3 is 2.27 bits per heavy atom. The van der Waals surface area contributed by atoms with Crippen molar-refractivity contribution in [3.8, 4) is 0 Å². The number of benzene rings is 1. The normalized spacial score (nSPS) is 18.0. The van der Waals surface area contributed by atoms with Crippen LogP contribution in [0.5, 0.6) is 0 Å². The molecule has 0 spiro atoms. The maximum atomic E-state index is 12.4. The first-order chi connectivity index (χ1) is 10.4. The molecule has 0 aliphatic heterocycles. The summed E-state index contributed by atoms with van der Waals surface area (Å²) in [4.78, 5) is 2.07. The van der Waals surface area contributed by atoms with Gasteiger partial charge in [0.1, 0.15) is 0 Å². The number of aryl methyl sites for hydroxylation is 1. The molecule has 0 aromatic heterocycles. The van der Waals surface area contributed by atoms with Gasteiger partial charge in [-0.3, -0.25) is 0 Å². The molecule has 1 saturated carbocycles. The van der Waals surface area contributed by atoms with E-state index in [0.717, 1.165) is 37.7 Å². The molecule has 22 heavy (non-hydrogen) atoms. The van der Waals surface area contributed by atoms with Crippen molar-refractivity contribution >= 4 is 10.0 Å². The van der Waals surface area contributed by atoms with Crippen LogP contribution < -0.4 is 4.72 Å². The Morgan fingerprint density at radius 2 is 1.77 bits per heavy atom. The molecule has 5 heteroatoms. The maximum absolute atomic E-state index is 12.4. The second kappa shape index (κ2) is 7.57. The molecule has 1 aromatic rings. The van der Waals surface area contributed by atoms with Crippen molar-refractivity contribution in [2.75, 3.05) is 20.6 Å². The van der Waals surface area contributed by atoms with Crippen molar-refractivity contribution in [1.82, 2.24) is 9.62 Å². The highest BCUT2D eigenvalue weighted by Gasteiger charge is 2.29. The molecule has 0 amide bonds. The SMILES string of the molecule is CCc1ccc(C(CNS(=O)(=O)C2CCCC2)N(C)C)cc1. The zero-order chi connectivity index (χ0) is 16.2. The van der Waals surface area contributed by atoms with E-state index in [1.54, 1.807) is 0 Å². The first kappa shape index (κ1) is 17.4. The highest BCUT2D eigenvalue weighted by atomic mass is 32.2.